The molecule has 1 aliphatic rings. The highest BCUT2D eigenvalue weighted by molar-refractivity contribution is 6.31. The highest BCUT2D eigenvalue weighted by atomic mass is 35.5. The van der Waals surface area contributed by atoms with E-state index >= 15 is 0 Å². The summed E-state index contributed by atoms with van der Waals surface area (Å²) in [5, 5.41) is 3.67. The highest BCUT2D eigenvalue weighted by Gasteiger charge is 2.33. The molecule has 3 nitrogen and oxygen atoms in total. The second-order valence-corrected chi connectivity index (χ2v) is 7.19. The summed E-state index contributed by atoms with van der Waals surface area (Å²) in [7, 11) is 0. The average molecular weight is 413 g/mol. The lowest BCUT2D eigenvalue weighted by Gasteiger charge is -2.32. The van der Waals surface area contributed by atoms with E-state index < -0.39 is 11.7 Å². The number of hydrogen-bond acceptors (Lipinski definition) is 3. The summed E-state index contributed by atoms with van der Waals surface area (Å²) in [6, 6.07) is 10.7. The first-order valence-electron chi connectivity index (χ1n) is 9.44. The van der Waals surface area contributed by atoms with E-state index in [1.807, 2.05) is 31.2 Å². The van der Waals surface area contributed by atoms with Crippen LogP contribution >= 0.6 is 11.6 Å². The van der Waals surface area contributed by atoms with Crippen LogP contribution in [0.5, 0.6) is 5.75 Å². The van der Waals surface area contributed by atoms with Crippen molar-refractivity contribution in [2.24, 2.45) is 0 Å². The van der Waals surface area contributed by atoms with Crippen LogP contribution in [0.15, 0.2) is 42.5 Å². The van der Waals surface area contributed by atoms with Gasteiger partial charge < -0.3 is 10.1 Å². The molecule has 1 aliphatic heterocycles. The van der Waals surface area contributed by atoms with E-state index in [4.69, 9.17) is 16.3 Å². The van der Waals surface area contributed by atoms with Gasteiger partial charge in [0, 0.05) is 24.7 Å². The molecule has 0 saturated carbocycles. The minimum absolute atomic E-state index is 0.331. The smallest absolute Gasteiger partial charge is 0.416 e. The Labute approximate surface area is 168 Å². The molecule has 1 N–H and O–H groups in total. The lowest BCUT2D eigenvalue weighted by Crippen LogP contribution is -2.33. The molecule has 1 unspecified atom stereocenters. The third kappa shape index (κ3) is 4.99. The lowest BCUT2D eigenvalue weighted by molar-refractivity contribution is -0.137. The molecule has 1 heterocycles. The molecule has 1 saturated heterocycles. The van der Waals surface area contributed by atoms with Gasteiger partial charge in [0.1, 0.15) is 5.75 Å². The molecule has 3 rings (SSSR count). The third-order valence-electron chi connectivity index (χ3n) is 4.84. The molecule has 7 heteroatoms. The molecule has 0 amide bonds. The van der Waals surface area contributed by atoms with E-state index in [1.165, 1.54) is 12.1 Å². The monoisotopic (exact) mass is 412 g/mol. The van der Waals surface area contributed by atoms with Crippen molar-refractivity contribution in [2.75, 3.05) is 32.8 Å². The molecule has 28 heavy (non-hydrogen) atoms. The van der Waals surface area contributed by atoms with Gasteiger partial charge in [0.2, 0.25) is 0 Å². The second-order valence-electron chi connectivity index (χ2n) is 6.78. The Hall–Kier alpha value is -1.76. The third-order valence-corrected chi connectivity index (χ3v) is 5.19. The summed E-state index contributed by atoms with van der Waals surface area (Å²) in [5.41, 5.74) is 0.645. The SMILES string of the molecule is CCOc1cccc(C(c2cc(C(F)(F)F)ccc2Cl)N2CCCNCC2)c1. The van der Waals surface area contributed by atoms with Crippen LogP contribution in [0.2, 0.25) is 5.02 Å². The van der Waals surface area contributed by atoms with Gasteiger partial charge >= 0.3 is 6.18 Å². The predicted octanol–water partition coefficient (Wildman–Crippen LogP) is 5.14. The van der Waals surface area contributed by atoms with Crippen LogP contribution < -0.4 is 10.1 Å². The van der Waals surface area contributed by atoms with E-state index in [9.17, 15) is 13.2 Å². The number of benzene rings is 2. The molecule has 0 radical (unpaired) electrons. The van der Waals surface area contributed by atoms with Crippen LogP contribution in [0, 0.1) is 0 Å². The van der Waals surface area contributed by atoms with Crippen LogP contribution in [0.1, 0.15) is 36.1 Å². The molecule has 152 valence electrons. The van der Waals surface area contributed by atoms with Crippen LogP contribution in [0.3, 0.4) is 0 Å². The number of alkyl halides is 3. The molecular weight excluding hydrogens is 389 g/mol. The van der Waals surface area contributed by atoms with Crippen LogP contribution in [0.25, 0.3) is 0 Å². The molecule has 1 atom stereocenters. The van der Waals surface area contributed by atoms with Crippen molar-refractivity contribution in [3.05, 3.63) is 64.2 Å². The number of hydrogen-bond donors (Lipinski definition) is 1. The maximum absolute atomic E-state index is 13.4. The van der Waals surface area contributed by atoms with Crippen molar-refractivity contribution in [1.29, 1.82) is 0 Å². The van der Waals surface area contributed by atoms with Gasteiger partial charge in [-0.2, -0.15) is 13.2 Å². The molecular formula is C21H24ClF3N2O. The van der Waals surface area contributed by atoms with Crippen LogP contribution in [0.4, 0.5) is 13.2 Å². The zero-order valence-corrected chi connectivity index (χ0v) is 16.5. The first kappa shape index (κ1) is 21.0. The summed E-state index contributed by atoms with van der Waals surface area (Å²) in [4.78, 5) is 2.19. The Kier molecular flexibility index (Phi) is 6.86. The maximum Gasteiger partial charge on any atom is 0.416 e. The number of ether oxygens (including phenoxy) is 1. The molecule has 0 aromatic heterocycles. The van der Waals surface area contributed by atoms with Crippen molar-refractivity contribution in [2.45, 2.75) is 25.6 Å². The minimum Gasteiger partial charge on any atom is -0.494 e. The zero-order chi connectivity index (χ0) is 20.1. The van der Waals surface area contributed by atoms with Crippen molar-refractivity contribution in [3.63, 3.8) is 0 Å². The first-order chi connectivity index (χ1) is 13.4. The summed E-state index contributed by atoms with van der Waals surface area (Å²) in [6.07, 6.45) is -3.50. The van der Waals surface area contributed by atoms with Gasteiger partial charge in [-0.3, -0.25) is 4.90 Å². The van der Waals surface area contributed by atoms with E-state index in [0.29, 0.717) is 22.9 Å². The van der Waals surface area contributed by atoms with Crippen molar-refractivity contribution in [1.82, 2.24) is 10.2 Å². The standard InChI is InChI=1S/C21H24ClF3N2O/c1-2-28-17-6-3-5-15(13-17)20(27-11-4-9-26-10-12-27)18-14-16(21(23,24)25)7-8-19(18)22/h3,5-8,13-14,20,26H,2,4,9-12H2,1H3. The number of nitrogens with one attached hydrogen (secondary N) is 1. The second kappa shape index (κ2) is 9.16. The summed E-state index contributed by atoms with van der Waals surface area (Å²) in [5.74, 6) is 0.695. The zero-order valence-electron chi connectivity index (χ0n) is 15.7. The average Bonchev–Trinajstić information content (AvgIpc) is 2.93. The molecule has 2 aromatic rings. The largest absolute Gasteiger partial charge is 0.494 e. The Bertz CT molecular complexity index is 789. The topological polar surface area (TPSA) is 24.5 Å². The van der Waals surface area contributed by atoms with E-state index in [0.717, 1.165) is 44.2 Å². The first-order valence-corrected chi connectivity index (χ1v) is 9.82. The molecule has 2 aromatic carbocycles. The van der Waals surface area contributed by atoms with Gasteiger partial charge in [0.05, 0.1) is 18.2 Å². The predicted molar refractivity (Wildman–Crippen MR) is 105 cm³/mol. The Morgan fingerprint density at radius 3 is 2.71 bits per heavy atom. The van der Waals surface area contributed by atoms with Gasteiger partial charge in [-0.05, 0) is 61.3 Å². The number of nitrogens with zero attached hydrogens (tertiary/aromatic N) is 1. The fourth-order valence-corrected chi connectivity index (χ4v) is 3.80. The number of halogens is 4. The van der Waals surface area contributed by atoms with Crippen LogP contribution in [-0.2, 0) is 6.18 Å². The Balaban J connectivity index is 2.10. The van der Waals surface area contributed by atoms with E-state index in [-0.39, 0.29) is 6.04 Å². The minimum atomic E-state index is -4.42. The van der Waals surface area contributed by atoms with Crippen molar-refractivity contribution >= 4 is 11.6 Å². The summed E-state index contributed by atoms with van der Waals surface area (Å²) >= 11 is 6.41. The van der Waals surface area contributed by atoms with Gasteiger partial charge in [0.25, 0.3) is 0 Å². The van der Waals surface area contributed by atoms with Gasteiger partial charge in [-0.15, -0.1) is 0 Å². The lowest BCUT2D eigenvalue weighted by atomic mass is 9.94. The summed E-state index contributed by atoms with van der Waals surface area (Å²) in [6.45, 7) is 5.57. The van der Waals surface area contributed by atoms with Crippen molar-refractivity contribution < 1.29 is 17.9 Å². The van der Waals surface area contributed by atoms with Gasteiger partial charge in [0.15, 0.2) is 0 Å². The molecule has 0 aliphatic carbocycles. The fraction of sp³-hybridized carbons (Fsp3) is 0.429. The summed E-state index contributed by atoms with van der Waals surface area (Å²) < 4.78 is 45.7. The Morgan fingerprint density at radius 2 is 1.96 bits per heavy atom. The quantitative estimate of drug-likeness (QED) is 0.735. The fourth-order valence-electron chi connectivity index (χ4n) is 3.58. The van der Waals surface area contributed by atoms with Crippen LogP contribution in [-0.4, -0.2) is 37.7 Å². The van der Waals surface area contributed by atoms with Gasteiger partial charge in [-0.25, -0.2) is 0 Å². The van der Waals surface area contributed by atoms with E-state index in [1.54, 1.807) is 0 Å². The maximum atomic E-state index is 13.4. The van der Waals surface area contributed by atoms with E-state index in [2.05, 4.69) is 10.2 Å². The molecule has 1 fully saturated rings. The van der Waals surface area contributed by atoms with Crippen molar-refractivity contribution in [3.8, 4) is 5.75 Å². The molecule has 0 bridgehead atoms. The highest BCUT2D eigenvalue weighted by Crippen LogP contribution is 2.39. The number of rotatable bonds is 5. The van der Waals surface area contributed by atoms with Gasteiger partial charge in [-0.1, -0.05) is 23.7 Å². The molecule has 0 spiro atoms. The Morgan fingerprint density at radius 1 is 1.14 bits per heavy atom. The normalized spacial score (nSPS) is 17.2.